The molecule has 0 spiro atoms. The predicted octanol–water partition coefficient (Wildman–Crippen LogP) is 2.07. The lowest BCUT2D eigenvalue weighted by Gasteiger charge is -2.36. The van der Waals surface area contributed by atoms with Crippen molar-refractivity contribution in [3.05, 3.63) is 29.8 Å². The lowest BCUT2D eigenvalue weighted by Crippen LogP contribution is -2.51. The summed E-state index contributed by atoms with van der Waals surface area (Å²) < 4.78 is 5.49. The predicted molar refractivity (Wildman–Crippen MR) is 108 cm³/mol. The van der Waals surface area contributed by atoms with Crippen molar-refractivity contribution >= 4 is 23.6 Å². The van der Waals surface area contributed by atoms with E-state index in [1.165, 1.54) is 0 Å². The highest BCUT2D eigenvalue weighted by molar-refractivity contribution is 8.00. The molecule has 0 aromatic heterocycles. The van der Waals surface area contributed by atoms with Gasteiger partial charge in [0.1, 0.15) is 11.1 Å². The van der Waals surface area contributed by atoms with E-state index in [4.69, 9.17) is 4.74 Å². The van der Waals surface area contributed by atoms with E-state index in [-0.39, 0.29) is 23.1 Å². The van der Waals surface area contributed by atoms with Crippen molar-refractivity contribution in [2.24, 2.45) is 5.92 Å². The first-order valence-corrected chi connectivity index (χ1v) is 10.6. The van der Waals surface area contributed by atoms with Crippen LogP contribution in [0.5, 0.6) is 5.75 Å². The molecule has 0 bridgehead atoms. The van der Waals surface area contributed by atoms with Crippen LogP contribution in [0.2, 0.25) is 0 Å². The molecule has 0 aliphatic carbocycles. The zero-order chi connectivity index (χ0) is 19.4. The summed E-state index contributed by atoms with van der Waals surface area (Å²) in [7, 11) is 1.67. The molecule has 3 rings (SSSR count). The van der Waals surface area contributed by atoms with Crippen molar-refractivity contribution in [1.82, 2.24) is 14.7 Å². The van der Waals surface area contributed by atoms with E-state index in [1.807, 2.05) is 47.9 Å². The number of ether oxygens (including phenoxy) is 1. The molecular weight excluding hydrogens is 362 g/mol. The SMILES string of the molecule is COc1ccccc1[C@@H]1SCC(=O)N1CCN1CCN(C(=O)C(C)C)CC1. The smallest absolute Gasteiger partial charge is 0.233 e. The minimum Gasteiger partial charge on any atom is -0.496 e. The van der Waals surface area contributed by atoms with E-state index >= 15 is 0 Å². The molecule has 1 aromatic rings. The van der Waals surface area contributed by atoms with Gasteiger partial charge in [-0.05, 0) is 6.07 Å². The summed E-state index contributed by atoms with van der Waals surface area (Å²) in [6, 6.07) is 7.93. The molecule has 2 aliphatic heterocycles. The van der Waals surface area contributed by atoms with E-state index in [0.717, 1.165) is 44.0 Å². The standard InChI is InChI=1S/C20H29N3O3S/c1-15(2)19(25)22-11-8-21(9-12-22)10-13-23-18(24)14-27-20(23)16-6-4-5-7-17(16)26-3/h4-7,15,20H,8-14H2,1-3H3/t20-/m0/s1. The number of para-hydroxylation sites is 1. The molecule has 2 saturated heterocycles. The molecule has 2 fully saturated rings. The topological polar surface area (TPSA) is 53.1 Å². The Morgan fingerprint density at radius 1 is 1.19 bits per heavy atom. The summed E-state index contributed by atoms with van der Waals surface area (Å²) in [6.45, 7) is 8.71. The fourth-order valence-electron chi connectivity index (χ4n) is 3.63. The van der Waals surface area contributed by atoms with Crippen molar-refractivity contribution in [1.29, 1.82) is 0 Å². The van der Waals surface area contributed by atoms with E-state index in [2.05, 4.69) is 4.90 Å². The van der Waals surface area contributed by atoms with E-state index in [0.29, 0.717) is 12.3 Å². The highest BCUT2D eigenvalue weighted by atomic mass is 32.2. The summed E-state index contributed by atoms with van der Waals surface area (Å²) in [6.07, 6.45) is 0. The molecule has 0 radical (unpaired) electrons. The maximum absolute atomic E-state index is 12.4. The number of carbonyl (C=O) groups is 2. The van der Waals surface area contributed by atoms with Crippen LogP contribution in [0, 0.1) is 5.92 Å². The summed E-state index contributed by atoms with van der Waals surface area (Å²) in [5.41, 5.74) is 1.06. The van der Waals surface area contributed by atoms with Crippen molar-refractivity contribution in [2.45, 2.75) is 19.2 Å². The van der Waals surface area contributed by atoms with Gasteiger partial charge in [-0.3, -0.25) is 14.5 Å². The summed E-state index contributed by atoms with van der Waals surface area (Å²) in [5.74, 6) is 1.81. The number of rotatable bonds is 6. The summed E-state index contributed by atoms with van der Waals surface area (Å²) >= 11 is 1.66. The molecule has 0 saturated carbocycles. The van der Waals surface area contributed by atoms with Crippen LogP contribution >= 0.6 is 11.8 Å². The number of amides is 2. The Labute approximate surface area is 165 Å². The van der Waals surface area contributed by atoms with Gasteiger partial charge in [0.15, 0.2) is 0 Å². The van der Waals surface area contributed by atoms with E-state index < -0.39 is 0 Å². The second-order valence-corrected chi connectivity index (χ2v) is 8.38. The van der Waals surface area contributed by atoms with Gasteiger partial charge in [-0.25, -0.2) is 0 Å². The van der Waals surface area contributed by atoms with E-state index in [1.54, 1.807) is 18.9 Å². The maximum Gasteiger partial charge on any atom is 0.233 e. The first kappa shape index (κ1) is 20.0. The van der Waals surface area contributed by atoms with Gasteiger partial charge < -0.3 is 14.5 Å². The highest BCUT2D eigenvalue weighted by Gasteiger charge is 2.34. The molecule has 1 atom stereocenters. The van der Waals surface area contributed by atoms with Crippen LogP contribution in [-0.4, -0.2) is 78.6 Å². The van der Waals surface area contributed by atoms with Gasteiger partial charge >= 0.3 is 0 Å². The molecule has 27 heavy (non-hydrogen) atoms. The number of thioether (sulfide) groups is 1. The maximum atomic E-state index is 12.4. The number of nitrogens with zero attached hydrogens (tertiary/aromatic N) is 3. The fraction of sp³-hybridized carbons (Fsp3) is 0.600. The van der Waals surface area contributed by atoms with Gasteiger partial charge in [0.2, 0.25) is 11.8 Å². The van der Waals surface area contributed by atoms with Crippen molar-refractivity contribution in [2.75, 3.05) is 52.1 Å². The first-order valence-electron chi connectivity index (χ1n) is 9.56. The molecule has 7 heteroatoms. The zero-order valence-electron chi connectivity index (χ0n) is 16.4. The van der Waals surface area contributed by atoms with Gasteiger partial charge in [-0.2, -0.15) is 0 Å². The monoisotopic (exact) mass is 391 g/mol. The minimum absolute atomic E-state index is 0.0115. The van der Waals surface area contributed by atoms with Crippen LogP contribution in [0.25, 0.3) is 0 Å². The van der Waals surface area contributed by atoms with Crippen LogP contribution in [0.1, 0.15) is 24.8 Å². The average molecular weight is 392 g/mol. The Balaban J connectivity index is 1.57. The normalized spacial score (nSPS) is 21.2. The Morgan fingerprint density at radius 2 is 1.89 bits per heavy atom. The van der Waals surface area contributed by atoms with Crippen molar-refractivity contribution in [3.63, 3.8) is 0 Å². The Hall–Kier alpha value is -1.73. The highest BCUT2D eigenvalue weighted by Crippen LogP contribution is 2.42. The van der Waals surface area contributed by atoms with Crippen LogP contribution in [-0.2, 0) is 9.59 Å². The third kappa shape index (κ3) is 4.58. The molecule has 2 heterocycles. The second-order valence-electron chi connectivity index (χ2n) is 7.31. The van der Waals surface area contributed by atoms with Crippen molar-refractivity contribution in [3.8, 4) is 5.75 Å². The third-order valence-electron chi connectivity index (χ3n) is 5.21. The lowest BCUT2D eigenvalue weighted by molar-refractivity contribution is -0.136. The Kier molecular flexibility index (Phi) is 6.65. The largest absolute Gasteiger partial charge is 0.496 e. The number of hydrogen-bond donors (Lipinski definition) is 0. The van der Waals surface area contributed by atoms with Gasteiger partial charge in [0.25, 0.3) is 0 Å². The van der Waals surface area contributed by atoms with Crippen LogP contribution in [0.4, 0.5) is 0 Å². The Bertz CT molecular complexity index is 674. The van der Waals surface area contributed by atoms with Gasteiger partial charge in [0.05, 0.1) is 12.9 Å². The minimum atomic E-state index is 0.0115. The first-order chi connectivity index (χ1) is 13.0. The van der Waals surface area contributed by atoms with Crippen LogP contribution in [0.15, 0.2) is 24.3 Å². The number of piperazine rings is 1. The Morgan fingerprint density at radius 3 is 2.56 bits per heavy atom. The second kappa shape index (κ2) is 8.97. The summed E-state index contributed by atoms with van der Waals surface area (Å²) in [5, 5.41) is 0.0115. The molecule has 2 amide bonds. The number of methoxy groups -OCH3 is 1. The van der Waals surface area contributed by atoms with Crippen LogP contribution in [0.3, 0.4) is 0 Å². The molecule has 0 N–H and O–H groups in total. The summed E-state index contributed by atoms with van der Waals surface area (Å²) in [4.78, 5) is 30.8. The van der Waals surface area contributed by atoms with Gasteiger partial charge in [0, 0.05) is 50.7 Å². The van der Waals surface area contributed by atoms with E-state index in [9.17, 15) is 9.59 Å². The molecule has 0 unspecified atom stereocenters. The number of benzene rings is 1. The number of carbonyl (C=O) groups excluding carboxylic acids is 2. The third-order valence-corrected chi connectivity index (χ3v) is 6.45. The average Bonchev–Trinajstić information content (AvgIpc) is 3.06. The molecule has 1 aromatic carbocycles. The number of hydrogen-bond acceptors (Lipinski definition) is 5. The van der Waals surface area contributed by atoms with Gasteiger partial charge in [-0.1, -0.05) is 32.0 Å². The molecule has 148 valence electrons. The zero-order valence-corrected chi connectivity index (χ0v) is 17.2. The lowest BCUT2D eigenvalue weighted by atomic mass is 10.1. The molecule has 2 aliphatic rings. The molecular formula is C20H29N3O3S. The fourth-order valence-corrected chi connectivity index (χ4v) is 4.87. The van der Waals surface area contributed by atoms with Crippen LogP contribution < -0.4 is 4.74 Å². The van der Waals surface area contributed by atoms with Gasteiger partial charge in [-0.15, -0.1) is 11.8 Å². The molecule has 6 nitrogen and oxygen atoms in total. The van der Waals surface area contributed by atoms with Crippen molar-refractivity contribution < 1.29 is 14.3 Å². The quantitative estimate of drug-likeness (QED) is 0.743.